The zero-order valence-electron chi connectivity index (χ0n) is 37.9. The molecule has 0 spiro atoms. The molecule has 0 aliphatic carbocycles. The number of nitrogens with zero attached hydrogens (tertiary/aromatic N) is 3. The summed E-state index contributed by atoms with van der Waals surface area (Å²) < 4.78 is 38.8. The molecule has 0 amide bonds. The van der Waals surface area contributed by atoms with E-state index in [0.29, 0.717) is 0 Å². The number of hydrogen-bond donors (Lipinski definition) is 0. The number of benzene rings is 11. The molecule has 13 rings (SSSR count). The van der Waals surface area contributed by atoms with Gasteiger partial charge >= 0.3 is 351 Å². The van der Waals surface area contributed by atoms with Crippen LogP contribution in [0.15, 0.2) is 261 Å². The van der Waals surface area contributed by atoms with Gasteiger partial charge in [-0.1, -0.05) is 12.1 Å². The number of para-hydroxylation sites is 1. The monoisotopic (exact) mass is 965 g/mol. The number of fused-ring (bicyclic) bond motifs is 7. The van der Waals surface area contributed by atoms with E-state index in [2.05, 4.69) is 226 Å². The van der Waals surface area contributed by atoms with Crippen molar-refractivity contribution in [3.8, 4) is 11.4 Å². The molecule has 0 atom stereocenters. The van der Waals surface area contributed by atoms with E-state index >= 15 is 0 Å². The minimum Gasteiger partial charge on any atom is -0.0351 e. The SMILES string of the molecule is Fc1ccc(-n2c3ccccc3c3cc(N(c4ccc5c(c4)c4c[c]([Ge]([c]6ccccc6)([c]6ccccc6)[c]6ccccc6)ccc4n5-c4ccc(F)cc4)c4cccc5ccccc45)ccc32)cc1. The van der Waals surface area contributed by atoms with Crippen molar-refractivity contribution in [1.82, 2.24) is 9.13 Å². The van der Waals surface area contributed by atoms with Crippen molar-refractivity contribution >= 4 is 102 Å². The molecule has 11 aromatic carbocycles. The largest absolute Gasteiger partial charge is 0.0351 e. The van der Waals surface area contributed by atoms with Gasteiger partial charge in [0.1, 0.15) is 5.82 Å². The van der Waals surface area contributed by atoms with Gasteiger partial charge in [-0.15, -0.1) is 0 Å². The zero-order chi connectivity index (χ0) is 46.8. The molecule has 0 unspecified atom stereocenters. The van der Waals surface area contributed by atoms with E-state index in [1.165, 1.54) is 29.7 Å². The molecule has 2 heterocycles. The van der Waals surface area contributed by atoms with Crippen LogP contribution in [-0.2, 0) is 0 Å². The Bertz CT molecular complexity index is 3970. The third-order valence-corrected chi connectivity index (χ3v) is 24.2. The smallest absolute Gasteiger partial charge is 0.0242 e. The van der Waals surface area contributed by atoms with E-state index in [1.54, 1.807) is 12.1 Å². The van der Waals surface area contributed by atoms with Crippen LogP contribution in [0.25, 0.3) is 65.8 Å². The average molecular weight is 965 g/mol. The Kier molecular flexibility index (Phi) is 10.1. The second kappa shape index (κ2) is 16.9. The predicted molar refractivity (Wildman–Crippen MR) is 291 cm³/mol. The second-order valence-corrected chi connectivity index (χ2v) is 25.9. The number of anilines is 3. The fourth-order valence-electron chi connectivity index (χ4n) is 11.1. The van der Waals surface area contributed by atoms with Gasteiger partial charge in [0.25, 0.3) is 0 Å². The van der Waals surface area contributed by atoms with Gasteiger partial charge in [0.05, 0.1) is 0 Å². The van der Waals surface area contributed by atoms with Gasteiger partial charge in [-0.05, 0) is 30.3 Å². The van der Waals surface area contributed by atoms with Gasteiger partial charge in [-0.2, -0.15) is 0 Å². The first kappa shape index (κ1) is 41.7. The minimum atomic E-state index is -3.70. The van der Waals surface area contributed by atoms with Crippen molar-refractivity contribution in [3.63, 3.8) is 0 Å². The molecule has 0 bridgehead atoms. The molecular formula is C64H43F2GeN3. The van der Waals surface area contributed by atoms with Crippen molar-refractivity contribution in [2.24, 2.45) is 0 Å². The molecule has 0 N–H and O–H groups in total. The second-order valence-electron chi connectivity index (χ2n) is 18.0. The van der Waals surface area contributed by atoms with Crippen LogP contribution in [0.5, 0.6) is 0 Å². The fraction of sp³-hybridized carbons (Fsp3) is 0. The Morgan fingerprint density at radius 2 is 0.714 bits per heavy atom. The van der Waals surface area contributed by atoms with Crippen LogP contribution in [0.1, 0.15) is 0 Å². The van der Waals surface area contributed by atoms with Crippen LogP contribution in [0.2, 0.25) is 0 Å². The molecule has 6 heteroatoms. The molecule has 0 aliphatic heterocycles. The molecule has 0 aliphatic rings. The first-order chi connectivity index (χ1) is 34.5. The molecule has 0 fully saturated rings. The van der Waals surface area contributed by atoms with Gasteiger partial charge in [0.2, 0.25) is 0 Å². The standard InChI is InChI=1S/C64H43F2GeN3/c65-45-27-32-51(33-28-45)69-61-25-13-12-24-56(61)58-42-53(36-39-63(58)69)68(60-26-14-16-44-15-10-11-23-55(44)60)54-37-40-64-59(43-54)57-41-50(31-38-62(57)70(64)52-34-29-46(66)30-35-52)67(47-17-4-1-5-18-47,48-19-6-2-7-20-48)49-21-8-3-9-22-49/h1-43H. The molecule has 0 radical (unpaired) electrons. The van der Waals surface area contributed by atoms with Gasteiger partial charge < -0.3 is 0 Å². The maximum absolute atomic E-state index is 14.7. The van der Waals surface area contributed by atoms with Crippen molar-refractivity contribution < 1.29 is 8.78 Å². The Morgan fingerprint density at radius 3 is 1.26 bits per heavy atom. The normalized spacial score (nSPS) is 11.9. The molecule has 70 heavy (non-hydrogen) atoms. The van der Waals surface area contributed by atoms with Crippen LogP contribution >= 0.6 is 0 Å². The summed E-state index contributed by atoms with van der Waals surface area (Å²) in [5.74, 6) is -0.540. The van der Waals surface area contributed by atoms with Crippen molar-refractivity contribution in [2.75, 3.05) is 4.90 Å². The first-order valence-electron chi connectivity index (χ1n) is 23.6. The summed E-state index contributed by atoms with van der Waals surface area (Å²) >= 11 is -3.70. The summed E-state index contributed by atoms with van der Waals surface area (Å²) in [5, 5.41) is 6.67. The number of halogens is 2. The van der Waals surface area contributed by atoms with Gasteiger partial charge in [-0.3, -0.25) is 0 Å². The molecular weight excluding hydrogens is 921 g/mol. The molecule has 2 aromatic heterocycles. The van der Waals surface area contributed by atoms with E-state index in [4.69, 9.17) is 0 Å². The summed E-state index contributed by atoms with van der Waals surface area (Å²) in [4.78, 5) is 2.39. The Labute approximate surface area is 406 Å². The average Bonchev–Trinajstić information content (AvgIpc) is 3.92. The maximum atomic E-state index is 14.7. The van der Waals surface area contributed by atoms with E-state index in [9.17, 15) is 8.78 Å². The molecule has 332 valence electrons. The number of aromatic nitrogens is 2. The van der Waals surface area contributed by atoms with Crippen molar-refractivity contribution in [3.05, 3.63) is 272 Å². The Balaban J connectivity index is 1.10. The van der Waals surface area contributed by atoms with Gasteiger partial charge in [-0.25, -0.2) is 4.39 Å². The molecule has 3 nitrogen and oxygen atoms in total. The summed E-state index contributed by atoms with van der Waals surface area (Å²) in [7, 11) is 0. The summed E-state index contributed by atoms with van der Waals surface area (Å²) in [6.07, 6.45) is 0. The van der Waals surface area contributed by atoms with Crippen LogP contribution in [0.4, 0.5) is 25.8 Å². The fourth-order valence-corrected chi connectivity index (χ4v) is 21.1. The quantitative estimate of drug-likeness (QED) is 0.131. The van der Waals surface area contributed by atoms with Crippen LogP contribution in [0, 0.1) is 11.6 Å². The Morgan fingerprint density at radius 1 is 0.300 bits per heavy atom. The number of rotatable bonds is 9. The molecule has 13 aromatic rings. The summed E-state index contributed by atoms with van der Waals surface area (Å²) in [5.41, 5.74) is 8.97. The van der Waals surface area contributed by atoms with E-state index < -0.39 is 13.3 Å². The van der Waals surface area contributed by atoms with Crippen LogP contribution < -0.4 is 22.5 Å². The molecule has 0 saturated heterocycles. The van der Waals surface area contributed by atoms with Crippen LogP contribution in [-0.4, -0.2) is 22.4 Å². The zero-order valence-corrected chi connectivity index (χ0v) is 40.0. The summed E-state index contributed by atoms with van der Waals surface area (Å²) in [6, 6.07) is 90.9. The van der Waals surface area contributed by atoms with E-state index in [1.807, 2.05) is 24.3 Å². The third-order valence-electron chi connectivity index (χ3n) is 14.2. The van der Waals surface area contributed by atoms with Gasteiger partial charge in [0.15, 0.2) is 0 Å². The maximum Gasteiger partial charge on any atom is -0.0242 e. The molecule has 0 saturated carbocycles. The van der Waals surface area contributed by atoms with E-state index in [0.717, 1.165) is 82.8 Å². The minimum absolute atomic E-state index is 0.266. The van der Waals surface area contributed by atoms with E-state index in [-0.39, 0.29) is 11.6 Å². The first-order valence-corrected chi connectivity index (χ1v) is 27.8. The van der Waals surface area contributed by atoms with Gasteiger partial charge in [0, 0.05) is 5.69 Å². The third kappa shape index (κ3) is 6.68. The summed E-state index contributed by atoms with van der Waals surface area (Å²) in [6.45, 7) is 0. The van der Waals surface area contributed by atoms with Crippen molar-refractivity contribution in [2.45, 2.75) is 0 Å². The van der Waals surface area contributed by atoms with Crippen molar-refractivity contribution in [1.29, 1.82) is 0 Å². The predicted octanol–water partition coefficient (Wildman–Crippen LogP) is 14.2. The number of hydrogen-bond acceptors (Lipinski definition) is 1. The van der Waals surface area contributed by atoms with Crippen LogP contribution in [0.3, 0.4) is 0 Å². The topological polar surface area (TPSA) is 13.1 Å². The Hall–Kier alpha value is -8.52.